The van der Waals surface area contributed by atoms with Gasteiger partial charge < -0.3 is 14.9 Å². The van der Waals surface area contributed by atoms with Crippen molar-refractivity contribution in [2.45, 2.75) is 13.1 Å². The van der Waals surface area contributed by atoms with Crippen molar-refractivity contribution >= 4 is 44.8 Å². The van der Waals surface area contributed by atoms with Crippen LogP contribution in [0.2, 0.25) is 0 Å². The van der Waals surface area contributed by atoms with Gasteiger partial charge in [0, 0.05) is 58.9 Å². The highest BCUT2D eigenvalue weighted by molar-refractivity contribution is 6.50. The van der Waals surface area contributed by atoms with E-state index in [-0.39, 0.29) is 11.8 Å². The average Bonchev–Trinajstić information content (AvgIpc) is 3.50. The maximum atomic E-state index is 13.2. The number of nitrogens with one attached hydrogen (secondary N) is 1. The zero-order valence-corrected chi connectivity index (χ0v) is 19.2. The lowest BCUT2D eigenvalue weighted by Gasteiger charge is -2.06. The highest BCUT2D eigenvalue weighted by Crippen LogP contribution is 2.38. The molecule has 1 aliphatic rings. The van der Waals surface area contributed by atoms with Crippen LogP contribution in [0.15, 0.2) is 79.1 Å². The van der Waals surface area contributed by atoms with Gasteiger partial charge in [0.1, 0.15) is 0 Å². The van der Waals surface area contributed by atoms with Crippen LogP contribution in [0.4, 0.5) is 0 Å². The van der Waals surface area contributed by atoms with Crippen LogP contribution in [0.25, 0.3) is 33.0 Å². The highest BCUT2D eigenvalue weighted by atomic mass is 16.2. The monoisotopic (exact) mass is 461 g/mol. The largest absolute Gasteiger partial charge is 0.350 e. The molecule has 0 bridgehead atoms. The Morgan fingerprint density at radius 1 is 0.771 bits per heavy atom. The minimum absolute atomic E-state index is 0.370. The predicted octanol–water partition coefficient (Wildman–Crippen LogP) is 3.60. The number of aromatic nitrogens is 3. The standard InChI is InChI=1S/C28H23N5O2/c1-32-15-21(19-9-2-4-11-23(19)32)25-26(28(35)31-27(25)34)22-16-33(24-12-5-3-10-20(22)24)14-18-8-6-7-17(13-29)30-18/h2-12,15-16H,13-14,29H2,1H3,(H,31,34,35). The summed E-state index contributed by atoms with van der Waals surface area (Å²) in [5.41, 5.74) is 11.7. The second-order valence-corrected chi connectivity index (χ2v) is 8.72. The van der Waals surface area contributed by atoms with E-state index in [9.17, 15) is 9.59 Å². The molecule has 7 heteroatoms. The third kappa shape index (κ3) is 3.36. The van der Waals surface area contributed by atoms with Gasteiger partial charge in [-0.1, -0.05) is 42.5 Å². The Morgan fingerprint density at radius 3 is 2.09 bits per heavy atom. The maximum absolute atomic E-state index is 13.2. The molecule has 7 nitrogen and oxygen atoms in total. The van der Waals surface area contributed by atoms with E-state index in [4.69, 9.17) is 5.73 Å². The minimum atomic E-state index is -0.385. The first-order valence-electron chi connectivity index (χ1n) is 11.4. The zero-order valence-electron chi connectivity index (χ0n) is 19.2. The number of benzene rings is 2. The number of imide groups is 1. The topological polar surface area (TPSA) is 94.9 Å². The molecule has 0 unspecified atom stereocenters. The van der Waals surface area contributed by atoms with Gasteiger partial charge in [-0.3, -0.25) is 19.9 Å². The van der Waals surface area contributed by atoms with E-state index in [1.165, 1.54) is 0 Å². The number of aryl methyl sites for hydroxylation is 1. The zero-order chi connectivity index (χ0) is 24.1. The first kappa shape index (κ1) is 21.1. The molecule has 35 heavy (non-hydrogen) atoms. The predicted molar refractivity (Wildman–Crippen MR) is 136 cm³/mol. The Hall–Kier alpha value is -4.49. The lowest BCUT2D eigenvalue weighted by molar-refractivity contribution is -0.122. The van der Waals surface area contributed by atoms with E-state index < -0.39 is 0 Å². The molecule has 2 amide bonds. The van der Waals surface area contributed by atoms with Crippen LogP contribution < -0.4 is 11.1 Å². The Balaban J connectivity index is 1.57. The van der Waals surface area contributed by atoms with Crippen molar-refractivity contribution in [3.63, 3.8) is 0 Å². The molecule has 0 fully saturated rings. The number of hydrogen-bond donors (Lipinski definition) is 2. The molecule has 0 saturated carbocycles. The molecule has 0 radical (unpaired) electrons. The van der Waals surface area contributed by atoms with Crippen LogP contribution in [0.3, 0.4) is 0 Å². The number of carbonyl (C=O) groups excluding carboxylic acids is 2. The molecule has 4 heterocycles. The van der Waals surface area contributed by atoms with Gasteiger partial charge >= 0.3 is 0 Å². The lowest BCUT2D eigenvalue weighted by atomic mass is 9.95. The van der Waals surface area contributed by atoms with Crippen LogP contribution >= 0.6 is 0 Å². The maximum Gasteiger partial charge on any atom is 0.259 e. The SMILES string of the molecule is Cn1cc(C2=C(c3cn(Cc4cccc(CN)n4)c4ccccc34)C(=O)NC2=O)c2ccccc21. The highest BCUT2D eigenvalue weighted by Gasteiger charge is 2.35. The van der Waals surface area contributed by atoms with Gasteiger partial charge in [-0.25, -0.2) is 0 Å². The number of pyridine rings is 1. The van der Waals surface area contributed by atoms with Gasteiger partial charge in [-0.2, -0.15) is 0 Å². The molecule has 5 aromatic rings. The number of para-hydroxylation sites is 2. The number of rotatable bonds is 5. The second-order valence-electron chi connectivity index (χ2n) is 8.72. The summed E-state index contributed by atoms with van der Waals surface area (Å²) in [7, 11) is 1.94. The van der Waals surface area contributed by atoms with E-state index in [0.717, 1.165) is 44.3 Å². The Kier molecular flexibility index (Phi) is 4.86. The van der Waals surface area contributed by atoms with Crippen molar-refractivity contribution in [3.8, 4) is 0 Å². The Bertz CT molecular complexity index is 1690. The number of fused-ring (bicyclic) bond motifs is 2. The summed E-state index contributed by atoms with van der Waals surface area (Å²) < 4.78 is 4.04. The molecule has 0 spiro atoms. The molecule has 0 saturated heterocycles. The van der Waals surface area contributed by atoms with Crippen molar-refractivity contribution in [2.75, 3.05) is 0 Å². The fourth-order valence-electron chi connectivity index (χ4n) is 4.99. The summed E-state index contributed by atoms with van der Waals surface area (Å²) in [5.74, 6) is -0.764. The van der Waals surface area contributed by atoms with Gasteiger partial charge in [0.05, 0.1) is 29.1 Å². The van der Waals surface area contributed by atoms with Gasteiger partial charge in [0.2, 0.25) is 0 Å². The summed E-state index contributed by atoms with van der Waals surface area (Å²) in [6.45, 7) is 0.885. The van der Waals surface area contributed by atoms with Crippen LogP contribution in [-0.2, 0) is 29.7 Å². The number of carbonyl (C=O) groups is 2. The molecule has 6 rings (SSSR count). The molecule has 172 valence electrons. The number of hydrogen-bond acceptors (Lipinski definition) is 4. The van der Waals surface area contributed by atoms with Gasteiger partial charge in [-0.15, -0.1) is 0 Å². The smallest absolute Gasteiger partial charge is 0.259 e. The number of nitrogens with zero attached hydrogens (tertiary/aromatic N) is 3. The Labute approximate surface area is 201 Å². The third-order valence-electron chi connectivity index (χ3n) is 6.56. The summed E-state index contributed by atoms with van der Waals surface area (Å²) in [5, 5.41) is 4.36. The fourth-order valence-corrected chi connectivity index (χ4v) is 4.99. The molecule has 0 aliphatic carbocycles. The van der Waals surface area contributed by atoms with Crippen LogP contribution in [0.1, 0.15) is 22.5 Å². The van der Waals surface area contributed by atoms with E-state index in [1.807, 2.05) is 90.7 Å². The van der Waals surface area contributed by atoms with E-state index in [0.29, 0.717) is 24.2 Å². The number of nitrogens with two attached hydrogens (primary N) is 1. The third-order valence-corrected chi connectivity index (χ3v) is 6.56. The molecule has 0 atom stereocenters. The fraction of sp³-hybridized carbons (Fsp3) is 0.107. The normalized spacial score (nSPS) is 13.9. The van der Waals surface area contributed by atoms with Crippen LogP contribution in [0.5, 0.6) is 0 Å². The minimum Gasteiger partial charge on any atom is -0.350 e. The van der Waals surface area contributed by atoms with Crippen molar-refractivity contribution in [2.24, 2.45) is 12.8 Å². The Morgan fingerprint density at radius 2 is 1.37 bits per heavy atom. The quantitative estimate of drug-likeness (QED) is 0.391. The summed E-state index contributed by atoms with van der Waals surface area (Å²) in [4.78, 5) is 30.9. The van der Waals surface area contributed by atoms with Crippen LogP contribution in [-0.4, -0.2) is 25.9 Å². The van der Waals surface area contributed by atoms with Crippen LogP contribution in [0, 0.1) is 0 Å². The van der Waals surface area contributed by atoms with Gasteiger partial charge in [0.15, 0.2) is 0 Å². The van der Waals surface area contributed by atoms with Crippen molar-refractivity contribution < 1.29 is 9.59 Å². The molecule has 3 aromatic heterocycles. The van der Waals surface area contributed by atoms with Crippen molar-refractivity contribution in [1.82, 2.24) is 19.4 Å². The van der Waals surface area contributed by atoms with Crippen molar-refractivity contribution in [1.29, 1.82) is 0 Å². The average molecular weight is 462 g/mol. The molecule has 1 aliphatic heterocycles. The first-order chi connectivity index (χ1) is 17.0. The first-order valence-corrected chi connectivity index (χ1v) is 11.4. The van der Waals surface area contributed by atoms with Gasteiger partial charge in [0.25, 0.3) is 11.8 Å². The van der Waals surface area contributed by atoms with Gasteiger partial charge in [-0.05, 0) is 24.3 Å². The van der Waals surface area contributed by atoms with E-state index in [1.54, 1.807) is 0 Å². The molecular weight excluding hydrogens is 438 g/mol. The summed E-state index contributed by atoms with van der Waals surface area (Å²) in [6.07, 6.45) is 3.86. The second kappa shape index (κ2) is 8.07. The van der Waals surface area contributed by atoms with E-state index >= 15 is 0 Å². The number of amides is 2. The van der Waals surface area contributed by atoms with Crippen molar-refractivity contribution in [3.05, 3.63) is 102 Å². The molecule has 3 N–H and O–H groups in total. The van der Waals surface area contributed by atoms with E-state index in [2.05, 4.69) is 14.9 Å². The lowest BCUT2D eigenvalue weighted by Crippen LogP contribution is -2.22. The summed E-state index contributed by atoms with van der Waals surface area (Å²) in [6, 6.07) is 21.6. The molecular formula is C28H23N5O2. The summed E-state index contributed by atoms with van der Waals surface area (Å²) >= 11 is 0. The molecule has 2 aromatic carbocycles.